The van der Waals surface area contributed by atoms with E-state index in [1.807, 2.05) is 0 Å². The van der Waals surface area contributed by atoms with E-state index in [2.05, 4.69) is 10.3 Å². The molecule has 0 radical (unpaired) electrons. The summed E-state index contributed by atoms with van der Waals surface area (Å²) in [6.07, 6.45) is 0. The van der Waals surface area contributed by atoms with Crippen molar-refractivity contribution in [3.63, 3.8) is 0 Å². The summed E-state index contributed by atoms with van der Waals surface area (Å²) in [6.45, 7) is 1.70. The maximum atomic E-state index is 12.0. The zero-order valence-corrected chi connectivity index (χ0v) is 11.3. The van der Waals surface area contributed by atoms with Gasteiger partial charge in [0.05, 0.1) is 11.6 Å². The second-order valence-electron chi connectivity index (χ2n) is 4.09. The van der Waals surface area contributed by atoms with Crippen molar-refractivity contribution in [3.8, 4) is 5.75 Å². The molecule has 104 valence electrons. The first-order valence-electron chi connectivity index (χ1n) is 5.76. The predicted octanol–water partition coefficient (Wildman–Crippen LogP) is 2.04. The quantitative estimate of drug-likeness (QED) is 0.800. The highest BCUT2D eigenvalue weighted by molar-refractivity contribution is 7.09. The number of benzene rings is 1. The number of phenolic OH excluding ortho intramolecular Hbond substituents is 1. The number of nitrogens with one attached hydrogen (secondary N) is 1. The molecule has 0 aliphatic carbocycles. The smallest absolute Gasteiger partial charge is 0.355 e. The maximum Gasteiger partial charge on any atom is 0.355 e. The number of thiazole rings is 1. The lowest BCUT2D eigenvalue weighted by molar-refractivity contribution is 0.0691. The number of hydrogen-bond donors (Lipinski definition) is 3. The van der Waals surface area contributed by atoms with E-state index in [-0.39, 0.29) is 17.0 Å². The highest BCUT2D eigenvalue weighted by Crippen LogP contribution is 2.20. The Labute approximate surface area is 118 Å². The third kappa shape index (κ3) is 2.94. The summed E-state index contributed by atoms with van der Waals surface area (Å²) >= 11 is 1.16. The van der Waals surface area contributed by atoms with E-state index in [9.17, 15) is 14.7 Å². The number of phenols is 1. The van der Waals surface area contributed by atoms with Crippen molar-refractivity contribution in [2.45, 2.75) is 13.0 Å². The molecule has 20 heavy (non-hydrogen) atoms. The average molecular weight is 292 g/mol. The summed E-state index contributed by atoms with van der Waals surface area (Å²) in [5, 5.41) is 23.0. The number of aromatic hydroxyl groups is 1. The molecule has 0 aliphatic rings. The van der Waals surface area contributed by atoms with Gasteiger partial charge < -0.3 is 15.5 Å². The number of nitrogens with zero attached hydrogens (tertiary/aromatic N) is 1. The molecule has 1 aromatic carbocycles. The van der Waals surface area contributed by atoms with Gasteiger partial charge in [0.25, 0.3) is 5.91 Å². The Morgan fingerprint density at radius 1 is 1.35 bits per heavy atom. The Kier molecular flexibility index (Phi) is 3.99. The molecular weight excluding hydrogens is 280 g/mol. The Morgan fingerprint density at radius 3 is 2.65 bits per heavy atom. The van der Waals surface area contributed by atoms with Gasteiger partial charge in [-0.05, 0) is 19.1 Å². The van der Waals surface area contributed by atoms with Crippen molar-refractivity contribution in [2.75, 3.05) is 0 Å². The number of carboxylic acid groups (broad SMARTS) is 1. The summed E-state index contributed by atoms with van der Waals surface area (Å²) in [7, 11) is 0. The molecule has 0 spiro atoms. The maximum absolute atomic E-state index is 12.0. The number of hydrogen-bond acceptors (Lipinski definition) is 5. The fraction of sp³-hybridized carbons (Fsp3) is 0.154. The van der Waals surface area contributed by atoms with Gasteiger partial charge in [-0.2, -0.15) is 0 Å². The van der Waals surface area contributed by atoms with Crippen LogP contribution in [0.25, 0.3) is 0 Å². The third-order valence-electron chi connectivity index (χ3n) is 2.61. The molecule has 0 bridgehead atoms. The van der Waals surface area contributed by atoms with E-state index < -0.39 is 17.9 Å². The molecule has 2 rings (SSSR count). The van der Waals surface area contributed by atoms with Crippen molar-refractivity contribution in [2.24, 2.45) is 0 Å². The fourth-order valence-corrected chi connectivity index (χ4v) is 2.39. The number of rotatable bonds is 4. The summed E-state index contributed by atoms with van der Waals surface area (Å²) in [5.41, 5.74) is 0.114. The van der Waals surface area contributed by atoms with Gasteiger partial charge in [0.15, 0.2) is 5.69 Å². The minimum atomic E-state index is -1.10. The van der Waals surface area contributed by atoms with Crippen molar-refractivity contribution in [1.82, 2.24) is 10.3 Å². The number of aromatic carboxylic acids is 1. The van der Waals surface area contributed by atoms with Gasteiger partial charge in [-0.25, -0.2) is 9.78 Å². The zero-order valence-electron chi connectivity index (χ0n) is 10.5. The summed E-state index contributed by atoms with van der Waals surface area (Å²) in [6, 6.07) is 5.74. The molecule has 6 nitrogen and oxygen atoms in total. The van der Waals surface area contributed by atoms with E-state index >= 15 is 0 Å². The van der Waals surface area contributed by atoms with Gasteiger partial charge in [-0.3, -0.25) is 4.79 Å². The van der Waals surface area contributed by atoms with E-state index in [4.69, 9.17) is 5.11 Å². The lowest BCUT2D eigenvalue weighted by atomic mass is 10.2. The van der Waals surface area contributed by atoms with Crippen LogP contribution in [0.4, 0.5) is 0 Å². The van der Waals surface area contributed by atoms with Crippen molar-refractivity contribution >= 4 is 23.2 Å². The third-order valence-corrected chi connectivity index (χ3v) is 3.64. The van der Waals surface area contributed by atoms with Crippen LogP contribution in [0.5, 0.6) is 5.75 Å². The highest BCUT2D eigenvalue weighted by Gasteiger charge is 2.18. The van der Waals surface area contributed by atoms with Gasteiger partial charge in [-0.1, -0.05) is 12.1 Å². The molecule has 3 N–H and O–H groups in total. The van der Waals surface area contributed by atoms with Gasteiger partial charge in [-0.15, -0.1) is 11.3 Å². The van der Waals surface area contributed by atoms with E-state index in [0.717, 1.165) is 11.3 Å². The van der Waals surface area contributed by atoms with E-state index in [0.29, 0.717) is 5.01 Å². The Morgan fingerprint density at radius 2 is 2.05 bits per heavy atom. The van der Waals surface area contributed by atoms with Crippen LogP contribution >= 0.6 is 11.3 Å². The molecule has 7 heteroatoms. The molecule has 0 saturated carbocycles. The van der Waals surface area contributed by atoms with Crippen LogP contribution < -0.4 is 5.32 Å². The molecule has 1 heterocycles. The molecule has 1 unspecified atom stereocenters. The molecular formula is C13H12N2O4S. The Hall–Kier alpha value is -2.41. The number of carbonyl (C=O) groups is 2. The molecule has 1 amide bonds. The summed E-state index contributed by atoms with van der Waals surface area (Å²) < 4.78 is 0. The van der Waals surface area contributed by atoms with Gasteiger partial charge in [0.1, 0.15) is 10.8 Å². The molecule has 0 fully saturated rings. The largest absolute Gasteiger partial charge is 0.507 e. The first-order valence-corrected chi connectivity index (χ1v) is 6.64. The van der Waals surface area contributed by atoms with Crippen molar-refractivity contribution in [1.29, 1.82) is 0 Å². The molecule has 2 aromatic rings. The van der Waals surface area contributed by atoms with Crippen LogP contribution in [0.1, 0.15) is 38.8 Å². The first kappa shape index (κ1) is 14.0. The minimum Gasteiger partial charge on any atom is -0.507 e. The molecule has 0 aliphatic heterocycles. The molecule has 1 atom stereocenters. The summed E-state index contributed by atoms with van der Waals surface area (Å²) in [4.78, 5) is 26.6. The predicted molar refractivity (Wildman–Crippen MR) is 73.1 cm³/mol. The summed E-state index contributed by atoms with van der Waals surface area (Å²) in [5.74, 6) is -1.66. The van der Waals surface area contributed by atoms with Crippen molar-refractivity contribution < 1.29 is 19.8 Å². The average Bonchev–Trinajstić information content (AvgIpc) is 2.88. The highest BCUT2D eigenvalue weighted by atomic mass is 32.1. The number of carboxylic acids is 1. The Bertz CT molecular complexity index is 653. The van der Waals surface area contributed by atoms with Crippen molar-refractivity contribution in [3.05, 3.63) is 45.9 Å². The number of amides is 1. The number of aromatic nitrogens is 1. The second-order valence-corrected chi connectivity index (χ2v) is 4.98. The SMILES string of the molecule is CC(NC(=O)c1ccccc1O)c1nc(C(=O)O)cs1. The fourth-order valence-electron chi connectivity index (χ4n) is 1.59. The normalized spacial score (nSPS) is 11.8. The zero-order chi connectivity index (χ0) is 14.7. The number of carbonyl (C=O) groups excluding carboxylic acids is 1. The van der Waals surface area contributed by atoms with Crippen LogP contribution in [0.3, 0.4) is 0 Å². The number of para-hydroxylation sites is 1. The van der Waals surface area contributed by atoms with Crippen LogP contribution in [0.15, 0.2) is 29.6 Å². The lowest BCUT2D eigenvalue weighted by Gasteiger charge is -2.11. The second kappa shape index (κ2) is 5.70. The van der Waals surface area contributed by atoms with Crippen LogP contribution in [0, 0.1) is 0 Å². The standard InChI is InChI=1S/C13H12N2O4S/c1-7(12-15-9(6-20-12)13(18)19)14-11(17)8-4-2-3-5-10(8)16/h2-7,16H,1H3,(H,14,17)(H,18,19). The van der Waals surface area contributed by atoms with Crippen LogP contribution in [0.2, 0.25) is 0 Å². The van der Waals surface area contributed by atoms with E-state index in [1.54, 1.807) is 19.1 Å². The minimum absolute atomic E-state index is 0.0475. The van der Waals surface area contributed by atoms with Gasteiger partial charge >= 0.3 is 5.97 Å². The van der Waals surface area contributed by atoms with Gasteiger partial charge in [0, 0.05) is 5.38 Å². The van der Waals surface area contributed by atoms with Gasteiger partial charge in [0.2, 0.25) is 0 Å². The molecule has 1 aromatic heterocycles. The topological polar surface area (TPSA) is 99.5 Å². The van der Waals surface area contributed by atoms with Crippen LogP contribution in [-0.4, -0.2) is 27.1 Å². The lowest BCUT2D eigenvalue weighted by Crippen LogP contribution is -2.26. The van der Waals surface area contributed by atoms with Crippen LogP contribution in [-0.2, 0) is 0 Å². The monoisotopic (exact) mass is 292 g/mol. The molecule has 0 saturated heterocycles. The Balaban J connectivity index is 2.11. The van der Waals surface area contributed by atoms with E-state index in [1.165, 1.54) is 17.5 Å². The first-order chi connectivity index (χ1) is 9.49.